The largest absolute Gasteiger partial charge is 0.226 e. The van der Waals surface area contributed by atoms with Crippen molar-refractivity contribution in [2.75, 3.05) is 0 Å². The number of rotatable bonds is 1. The Balaban J connectivity index is 0.000000617. The summed E-state index contributed by atoms with van der Waals surface area (Å²) >= 11 is 0. The van der Waals surface area contributed by atoms with Crippen molar-refractivity contribution in [3.8, 4) is 11.1 Å². The Morgan fingerprint density at radius 3 is 1.40 bits per heavy atom. The second kappa shape index (κ2) is 8.82. The Hall–Kier alpha value is -0.456. The fraction of sp³-hybridized carbons (Fsp3) is 0.143. The summed E-state index contributed by atoms with van der Waals surface area (Å²) in [6.07, 6.45) is 0. The molecule has 0 bridgehead atoms. The smallest absolute Gasteiger partial charge is 0 e. The Labute approximate surface area is 118 Å². The van der Waals surface area contributed by atoms with Crippen LogP contribution in [-0.2, 0) is 32.7 Å². The SMILES string of the molecule is CC.[Y].[c-]1ccccc1-c1[c-]cccc1. The minimum absolute atomic E-state index is 0. The van der Waals surface area contributed by atoms with Gasteiger partial charge in [0.25, 0.3) is 0 Å². The summed E-state index contributed by atoms with van der Waals surface area (Å²) in [6, 6.07) is 22.1. The third kappa shape index (κ3) is 4.73. The average molecular weight is 271 g/mol. The summed E-state index contributed by atoms with van der Waals surface area (Å²) in [6.45, 7) is 4.00. The molecule has 2 aromatic carbocycles. The molecular weight excluding hydrogens is 257 g/mol. The van der Waals surface area contributed by atoms with Crippen LogP contribution in [0.2, 0.25) is 0 Å². The molecule has 0 N–H and O–H groups in total. The summed E-state index contributed by atoms with van der Waals surface area (Å²) in [5.41, 5.74) is 2.19. The summed E-state index contributed by atoms with van der Waals surface area (Å²) in [5.74, 6) is 0. The molecule has 0 saturated carbocycles. The first-order valence-corrected chi connectivity index (χ1v) is 4.90. The summed E-state index contributed by atoms with van der Waals surface area (Å²) in [7, 11) is 0. The molecule has 2 rings (SSSR count). The molecule has 1 heteroatoms. The Bertz CT molecular complexity index is 303. The molecule has 0 aliphatic carbocycles. The first-order chi connectivity index (χ1) is 6.97. The zero-order chi connectivity index (χ0) is 10.2. The maximum atomic E-state index is 3.15. The first kappa shape index (κ1) is 14.5. The van der Waals surface area contributed by atoms with E-state index in [2.05, 4.69) is 12.1 Å². The number of benzene rings is 2. The quantitative estimate of drug-likeness (QED) is 0.688. The average Bonchev–Trinajstić information content (AvgIpc) is 2.34. The van der Waals surface area contributed by atoms with E-state index in [1.54, 1.807) is 0 Å². The molecular formula is C14H14Y-2. The molecule has 2 aromatic rings. The van der Waals surface area contributed by atoms with Crippen molar-refractivity contribution in [3.63, 3.8) is 0 Å². The maximum Gasteiger partial charge on any atom is 0 e. The van der Waals surface area contributed by atoms with Gasteiger partial charge in [0.2, 0.25) is 0 Å². The van der Waals surface area contributed by atoms with Crippen molar-refractivity contribution in [1.29, 1.82) is 0 Å². The second-order valence-electron chi connectivity index (χ2n) is 2.55. The van der Waals surface area contributed by atoms with Gasteiger partial charge >= 0.3 is 0 Å². The van der Waals surface area contributed by atoms with Crippen molar-refractivity contribution >= 4 is 0 Å². The Morgan fingerprint density at radius 2 is 1.13 bits per heavy atom. The van der Waals surface area contributed by atoms with E-state index in [9.17, 15) is 0 Å². The van der Waals surface area contributed by atoms with E-state index in [0.717, 1.165) is 11.1 Å². The van der Waals surface area contributed by atoms with Gasteiger partial charge in [0.1, 0.15) is 0 Å². The Kier molecular flexibility index (Phi) is 8.55. The van der Waals surface area contributed by atoms with E-state index in [0.29, 0.717) is 0 Å². The van der Waals surface area contributed by atoms with Gasteiger partial charge in [-0.2, -0.15) is 48.5 Å². The summed E-state index contributed by atoms with van der Waals surface area (Å²) < 4.78 is 0. The van der Waals surface area contributed by atoms with Crippen LogP contribution in [0.25, 0.3) is 11.1 Å². The van der Waals surface area contributed by atoms with Gasteiger partial charge in [0, 0.05) is 32.7 Å². The second-order valence-corrected chi connectivity index (χ2v) is 2.55. The monoisotopic (exact) mass is 271 g/mol. The maximum absolute atomic E-state index is 3.15. The van der Waals surface area contributed by atoms with E-state index in [-0.39, 0.29) is 32.7 Å². The summed E-state index contributed by atoms with van der Waals surface area (Å²) in [5, 5.41) is 0. The molecule has 0 saturated heterocycles. The minimum atomic E-state index is 0. The van der Waals surface area contributed by atoms with Gasteiger partial charge in [-0.3, -0.25) is 0 Å². The number of hydrogen-bond donors (Lipinski definition) is 0. The van der Waals surface area contributed by atoms with E-state index < -0.39 is 0 Å². The third-order valence-corrected chi connectivity index (χ3v) is 1.71. The predicted octanol–water partition coefficient (Wildman–Crippen LogP) is 3.98. The molecule has 0 aromatic heterocycles. The van der Waals surface area contributed by atoms with E-state index >= 15 is 0 Å². The first-order valence-electron chi connectivity index (χ1n) is 4.90. The van der Waals surface area contributed by atoms with Crippen molar-refractivity contribution in [3.05, 3.63) is 60.7 Å². The van der Waals surface area contributed by atoms with E-state index in [1.807, 2.05) is 62.4 Å². The molecule has 0 nitrogen and oxygen atoms in total. The molecule has 0 amide bonds. The molecule has 0 heterocycles. The Morgan fingerprint density at radius 1 is 0.733 bits per heavy atom. The van der Waals surface area contributed by atoms with E-state index in [1.165, 1.54) is 0 Å². The number of hydrogen-bond acceptors (Lipinski definition) is 0. The molecule has 0 fully saturated rings. The van der Waals surface area contributed by atoms with Crippen LogP contribution in [0, 0.1) is 12.1 Å². The van der Waals surface area contributed by atoms with Crippen molar-refractivity contribution in [1.82, 2.24) is 0 Å². The van der Waals surface area contributed by atoms with Crippen LogP contribution in [0.5, 0.6) is 0 Å². The molecule has 15 heavy (non-hydrogen) atoms. The topological polar surface area (TPSA) is 0 Å². The fourth-order valence-electron chi connectivity index (χ4n) is 1.12. The van der Waals surface area contributed by atoms with Crippen LogP contribution in [0.4, 0.5) is 0 Å². The van der Waals surface area contributed by atoms with Crippen LogP contribution < -0.4 is 0 Å². The third-order valence-electron chi connectivity index (χ3n) is 1.71. The summed E-state index contributed by atoms with van der Waals surface area (Å²) in [4.78, 5) is 0. The van der Waals surface area contributed by atoms with Crippen molar-refractivity contribution in [2.45, 2.75) is 13.8 Å². The van der Waals surface area contributed by atoms with Crippen LogP contribution >= 0.6 is 0 Å². The minimum Gasteiger partial charge on any atom is -0.226 e. The van der Waals surface area contributed by atoms with Crippen LogP contribution in [0.3, 0.4) is 0 Å². The molecule has 1 radical (unpaired) electrons. The molecule has 0 unspecified atom stereocenters. The normalized spacial score (nSPS) is 8.13. The molecule has 75 valence electrons. The standard InChI is InChI=1S/C12H8.C2H6.Y/c1-3-7-11(8-4-1)12-9-5-2-6-10-12;1-2;/h1-7,9H;1-2H3;/q-2;;. The molecule has 0 aliphatic heterocycles. The van der Waals surface area contributed by atoms with E-state index in [4.69, 9.17) is 0 Å². The van der Waals surface area contributed by atoms with Gasteiger partial charge in [-0.05, 0) is 0 Å². The van der Waals surface area contributed by atoms with Gasteiger partial charge in [0.15, 0.2) is 0 Å². The molecule has 0 aliphatic rings. The molecule has 0 spiro atoms. The van der Waals surface area contributed by atoms with Crippen molar-refractivity contribution in [2.24, 2.45) is 0 Å². The van der Waals surface area contributed by atoms with Crippen LogP contribution in [0.15, 0.2) is 48.5 Å². The van der Waals surface area contributed by atoms with Gasteiger partial charge in [-0.25, -0.2) is 11.1 Å². The van der Waals surface area contributed by atoms with Gasteiger partial charge in [-0.1, -0.05) is 13.8 Å². The molecule has 0 atom stereocenters. The van der Waals surface area contributed by atoms with Gasteiger partial charge < -0.3 is 0 Å². The fourth-order valence-corrected chi connectivity index (χ4v) is 1.12. The zero-order valence-electron chi connectivity index (χ0n) is 9.20. The van der Waals surface area contributed by atoms with Crippen LogP contribution in [0.1, 0.15) is 13.8 Å². The van der Waals surface area contributed by atoms with Crippen molar-refractivity contribution < 1.29 is 32.7 Å². The van der Waals surface area contributed by atoms with Gasteiger partial charge in [0.05, 0.1) is 0 Å². The van der Waals surface area contributed by atoms with Crippen LogP contribution in [-0.4, -0.2) is 0 Å². The predicted molar refractivity (Wildman–Crippen MR) is 60.9 cm³/mol. The van der Waals surface area contributed by atoms with Gasteiger partial charge in [-0.15, -0.1) is 12.1 Å². The zero-order valence-corrected chi connectivity index (χ0v) is 12.0.